The molecule has 0 spiro atoms. The Morgan fingerprint density at radius 1 is 0.933 bits per heavy atom. The molecular weight excluding hydrogens is 485 g/mol. The molecule has 1 saturated heterocycles. The number of piperazine rings is 1. The van der Waals surface area contributed by atoms with Gasteiger partial charge in [-0.3, -0.25) is 4.90 Å². The van der Waals surface area contributed by atoms with Gasteiger partial charge in [0.05, 0.1) is 6.54 Å². The molecule has 1 saturated carbocycles. The molecule has 5 nitrogen and oxygen atoms in total. The lowest BCUT2D eigenvalue weighted by Gasteiger charge is -2.36. The number of para-hydroxylation sites is 1. The lowest BCUT2D eigenvalue weighted by Crippen LogP contribution is -2.46. The number of anilines is 1. The molecule has 0 amide bonds. The maximum Gasteiger partial charge on any atom is 0.191 e. The molecule has 0 radical (unpaired) electrons. The van der Waals surface area contributed by atoms with Crippen LogP contribution in [-0.4, -0.2) is 49.6 Å². The Labute approximate surface area is 198 Å². The number of halogens is 1. The Bertz CT molecular complexity index is 798. The van der Waals surface area contributed by atoms with Gasteiger partial charge in [0.2, 0.25) is 0 Å². The summed E-state index contributed by atoms with van der Waals surface area (Å²) >= 11 is 0. The van der Waals surface area contributed by atoms with Crippen molar-refractivity contribution in [2.45, 2.75) is 38.9 Å². The van der Waals surface area contributed by atoms with Crippen molar-refractivity contribution in [1.82, 2.24) is 15.5 Å². The first-order chi connectivity index (χ1) is 14.3. The van der Waals surface area contributed by atoms with E-state index in [4.69, 9.17) is 4.99 Å². The second kappa shape index (κ2) is 11.6. The summed E-state index contributed by atoms with van der Waals surface area (Å²) in [5.41, 5.74) is 4.05. The molecule has 0 atom stereocenters. The minimum atomic E-state index is 0. The zero-order valence-electron chi connectivity index (χ0n) is 17.9. The molecule has 1 aliphatic heterocycles. The lowest BCUT2D eigenvalue weighted by atomic mass is 10.1. The molecule has 1 heterocycles. The minimum absolute atomic E-state index is 0. The van der Waals surface area contributed by atoms with Crippen molar-refractivity contribution in [1.29, 1.82) is 0 Å². The average molecular weight is 519 g/mol. The smallest absolute Gasteiger partial charge is 0.191 e. The van der Waals surface area contributed by atoms with E-state index in [1.54, 1.807) is 0 Å². The molecule has 0 aromatic heterocycles. The lowest BCUT2D eigenvalue weighted by molar-refractivity contribution is 0.249. The number of guanidine groups is 1. The van der Waals surface area contributed by atoms with Crippen LogP contribution >= 0.6 is 24.0 Å². The van der Waals surface area contributed by atoms with Gasteiger partial charge in [-0.1, -0.05) is 42.5 Å². The summed E-state index contributed by atoms with van der Waals surface area (Å²) in [5.74, 6) is 0.946. The van der Waals surface area contributed by atoms with E-state index in [0.717, 1.165) is 51.8 Å². The number of nitrogens with zero attached hydrogens (tertiary/aromatic N) is 3. The van der Waals surface area contributed by atoms with Crippen molar-refractivity contribution >= 4 is 35.6 Å². The monoisotopic (exact) mass is 519 g/mol. The van der Waals surface area contributed by atoms with E-state index < -0.39 is 0 Å². The maximum atomic E-state index is 4.84. The largest absolute Gasteiger partial charge is 0.369 e. The van der Waals surface area contributed by atoms with Crippen molar-refractivity contribution in [2.24, 2.45) is 4.99 Å². The first-order valence-electron chi connectivity index (χ1n) is 11.0. The number of rotatable bonds is 7. The van der Waals surface area contributed by atoms with E-state index in [2.05, 4.69) is 82.0 Å². The van der Waals surface area contributed by atoms with Gasteiger partial charge in [-0.25, -0.2) is 4.99 Å². The van der Waals surface area contributed by atoms with Gasteiger partial charge >= 0.3 is 0 Å². The van der Waals surface area contributed by atoms with Crippen LogP contribution in [0.15, 0.2) is 59.6 Å². The third-order valence-electron chi connectivity index (χ3n) is 5.68. The van der Waals surface area contributed by atoms with Gasteiger partial charge in [0.1, 0.15) is 0 Å². The third-order valence-corrected chi connectivity index (χ3v) is 5.68. The number of hydrogen-bond donors (Lipinski definition) is 2. The van der Waals surface area contributed by atoms with Gasteiger partial charge in [-0.2, -0.15) is 0 Å². The standard InChI is InChI=1S/C24H33N5.HI/c1-2-25-24(27-22-12-13-22)26-18-20-8-6-7-9-21(20)19-28-14-16-29(17-15-28)23-10-4-3-5-11-23;/h3-11,22H,2,12-19H2,1H3,(H2,25,26,27);1H. The molecule has 2 aromatic carbocycles. The molecule has 0 bridgehead atoms. The highest BCUT2D eigenvalue weighted by molar-refractivity contribution is 14.0. The first kappa shape index (κ1) is 22.9. The van der Waals surface area contributed by atoms with Gasteiger partial charge in [-0.05, 0) is 43.0 Å². The van der Waals surface area contributed by atoms with Crippen LogP contribution in [0.3, 0.4) is 0 Å². The highest BCUT2D eigenvalue weighted by Crippen LogP contribution is 2.20. The molecule has 4 rings (SSSR count). The molecule has 162 valence electrons. The summed E-state index contributed by atoms with van der Waals surface area (Å²) < 4.78 is 0. The number of aliphatic imine (C=N–C) groups is 1. The zero-order valence-corrected chi connectivity index (χ0v) is 20.2. The molecule has 0 unspecified atom stereocenters. The molecule has 2 fully saturated rings. The predicted octanol–water partition coefficient (Wildman–Crippen LogP) is 3.84. The second-order valence-electron chi connectivity index (χ2n) is 7.98. The van der Waals surface area contributed by atoms with Gasteiger partial charge in [0, 0.05) is 51.0 Å². The first-order valence-corrected chi connectivity index (χ1v) is 11.0. The van der Waals surface area contributed by atoms with Gasteiger partial charge in [0.15, 0.2) is 5.96 Å². The summed E-state index contributed by atoms with van der Waals surface area (Å²) in [6.07, 6.45) is 2.52. The number of hydrogen-bond acceptors (Lipinski definition) is 3. The van der Waals surface area contributed by atoms with Crippen molar-refractivity contribution in [3.8, 4) is 0 Å². The highest BCUT2D eigenvalue weighted by Gasteiger charge is 2.22. The SMILES string of the molecule is CCNC(=NCc1ccccc1CN1CCN(c2ccccc2)CC1)NC1CC1.I. The van der Waals surface area contributed by atoms with Crippen LogP contribution in [0.1, 0.15) is 30.9 Å². The normalized spacial score (nSPS) is 17.4. The molecule has 1 aliphatic carbocycles. The van der Waals surface area contributed by atoms with E-state index in [9.17, 15) is 0 Å². The molecule has 2 N–H and O–H groups in total. The van der Waals surface area contributed by atoms with Gasteiger partial charge in [-0.15, -0.1) is 24.0 Å². The van der Waals surface area contributed by atoms with Crippen molar-refractivity contribution in [3.05, 3.63) is 65.7 Å². The summed E-state index contributed by atoms with van der Waals surface area (Å²) in [7, 11) is 0. The molecule has 2 aliphatic rings. The Morgan fingerprint density at radius 3 is 2.27 bits per heavy atom. The summed E-state index contributed by atoms with van der Waals surface area (Å²) in [6, 6.07) is 20.1. The van der Waals surface area contributed by atoms with Crippen molar-refractivity contribution in [3.63, 3.8) is 0 Å². The van der Waals surface area contributed by atoms with E-state index in [-0.39, 0.29) is 24.0 Å². The Balaban J connectivity index is 0.00000256. The van der Waals surface area contributed by atoms with Crippen LogP contribution in [0.2, 0.25) is 0 Å². The van der Waals surface area contributed by atoms with E-state index in [1.165, 1.54) is 29.7 Å². The maximum absolute atomic E-state index is 4.84. The summed E-state index contributed by atoms with van der Waals surface area (Å²) in [6.45, 7) is 9.10. The average Bonchev–Trinajstić information content (AvgIpc) is 3.58. The molecule has 30 heavy (non-hydrogen) atoms. The van der Waals surface area contributed by atoms with Crippen LogP contribution in [0.25, 0.3) is 0 Å². The molecule has 6 heteroatoms. The third kappa shape index (κ3) is 6.60. The molecular formula is C24H34IN5. The van der Waals surface area contributed by atoms with Crippen molar-refractivity contribution in [2.75, 3.05) is 37.6 Å². The molecule has 2 aromatic rings. The van der Waals surface area contributed by atoms with Gasteiger partial charge in [0.25, 0.3) is 0 Å². The van der Waals surface area contributed by atoms with Crippen molar-refractivity contribution < 1.29 is 0 Å². The Kier molecular flexibility index (Phi) is 8.81. The van der Waals surface area contributed by atoms with E-state index in [1.807, 2.05) is 0 Å². The topological polar surface area (TPSA) is 42.9 Å². The fourth-order valence-electron chi connectivity index (χ4n) is 3.82. The fraction of sp³-hybridized carbons (Fsp3) is 0.458. The van der Waals surface area contributed by atoms with Crippen LogP contribution < -0.4 is 15.5 Å². The minimum Gasteiger partial charge on any atom is -0.369 e. The van der Waals surface area contributed by atoms with Crippen LogP contribution in [0.5, 0.6) is 0 Å². The highest BCUT2D eigenvalue weighted by atomic mass is 127. The Hall–Kier alpha value is -1.80. The fourth-order valence-corrected chi connectivity index (χ4v) is 3.82. The second-order valence-corrected chi connectivity index (χ2v) is 7.98. The quantitative estimate of drug-likeness (QED) is 0.332. The summed E-state index contributed by atoms with van der Waals surface area (Å²) in [5, 5.41) is 6.87. The number of nitrogens with one attached hydrogen (secondary N) is 2. The van der Waals surface area contributed by atoms with E-state index in [0.29, 0.717) is 6.04 Å². The van der Waals surface area contributed by atoms with E-state index >= 15 is 0 Å². The zero-order chi connectivity index (χ0) is 19.9. The van der Waals surface area contributed by atoms with Crippen LogP contribution in [0.4, 0.5) is 5.69 Å². The predicted molar refractivity (Wildman–Crippen MR) is 137 cm³/mol. The number of benzene rings is 2. The Morgan fingerprint density at radius 2 is 1.60 bits per heavy atom. The summed E-state index contributed by atoms with van der Waals surface area (Å²) in [4.78, 5) is 9.89. The van der Waals surface area contributed by atoms with Gasteiger partial charge < -0.3 is 15.5 Å². The van der Waals surface area contributed by atoms with Crippen LogP contribution in [0, 0.1) is 0 Å². The van der Waals surface area contributed by atoms with Crippen LogP contribution in [-0.2, 0) is 13.1 Å².